The third-order valence-corrected chi connectivity index (χ3v) is 7.06. The lowest BCUT2D eigenvalue weighted by molar-refractivity contribution is -0.137. The zero-order chi connectivity index (χ0) is 27.3. The van der Waals surface area contributed by atoms with Gasteiger partial charge in [-0.2, -0.15) is 13.2 Å². The summed E-state index contributed by atoms with van der Waals surface area (Å²) in [6.45, 7) is 2.78. The molecule has 2 fully saturated rings. The minimum absolute atomic E-state index is 0.00520. The van der Waals surface area contributed by atoms with Gasteiger partial charge in [-0.3, -0.25) is 14.5 Å². The number of rotatable bonds is 9. The number of anilines is 1. The van der Waals surface area contributed by atoms with Crippen LogP contribution in [-0.2, 0) is 20.5 Å². The maximum atomic E-state index is 12.9. The summed E-state index contributed by atoms with van der Waals surface area (Å²) >= 11 is 6.62. The SMILES string of the molecule is CCOc1cc(/C=C2\SC(=S)N(C[C@@H]3CCCO3)C2=O)ccc1OCC(=O)Nc1cccc(C(F)(F)F)c1. The van der Waals surface area contributed by atoms with E-state index in [2.05, 4.69) is 5.32 Å². The molecule has 4 rings (SSSR count). The Morgan fingerprint density at radius 2 is 2.05 bits per heavy atom. The second kappa shape index (κ2) is 12.2. The van der Waals surface area contributed by atoms with Crippen molar-refractivity contribution in [1.29, 1.82) is 0 Å². The molecule has 2 amide bonds. The zero-order valence-corrected chi connectivity index (χ0v) is 22.0. The van der Waals surface area contributed by atoms with Crippen LogP contribution in [0.3, 0.4) is 0 Å². The Morgan fingerprint density at radius 3 is 2.76 bits per heavy atom. The molecule has 202 valence electrons. The number of nitrogens with one attached hydrogen (secondary N) is 1. The lowest BCUT2D eigenvalue weighted by atomic mass is 10.1. The summed E-state index contributed by atoms with van der Waals surface area (Å²) in [4.78, 5) is 27.3. The molecule has 2 saturated heterocycles. The number of hydrogen-bond donors (Lipinski definition) is 1. The zero-order valence-electron chi connectivity index (χ0n) is 20.4. The molecule has 2 aliphatic heterocycles. The highest BCUT2D eigenvalue weighted by Gasteiger charge is 2.34. The summed E-state index contributed by atoms with van der Waals surface area (Å²) < 4.78 is 56.1. The van der Waals surface area contributed by atoms with Crippen LogP contribution < -0.4 is 14.8 Å². The minimum atomic E-state index is -4.52. The molecule has 0 aliphatic carbocycles. The molecule has 2 aromatic rings. The molecule has 0 unspecified atom stereocenters. The summed E-state index contributed by atoms with van der Waals surface area (Å²) in [5.74, 6) is -0.192. The van der Waals surface area contributed by atoms with Gasteiger partial charge in [0.2, 0.25) is 0 Å². The van der Waals surface area contributed by atoms with Crippen LogP contribution in [-0.4, -0.2) is 53.5 Å². The number of halogens is 3. The predicted octanol–water partition coefficient (Wildman–Crippen LogP) is 5.50. The standard InChI is InChI=1S/C26H25F3N2O5S2/c1-2-34-21-11-16(12-22-24(33)31(25(37)38-22)14-19-7-4-10-35-19)8-9-20(21)36-15-23(32)30-18-6-3-5-17(13-18)26(27,28)29/h3,5-6,8-9,11-13,19H,2,4,7,10,14-15H2,1H3,(H,30,32)/b22-12-/t19-/m0/s1. The van der Waals surface area contributed by atoms with E-state index in [4.69, 9.17) is 26.4 Å². The third-order valence-electron chi connectivity index (χ3n) is 5.68. The van der Waals surface area contributed by atoms with Crippen LogP contribution in [0.1, 0.15) is 30.9 Å². The van der Waals surface area contributed by atoms with Crippen molar-refractivity contribution < 1.29 is 37.0 Å². The van der Waals surface area contributed by atoms with Crippen molar-refractivity contribution in [2.24, 2.45) is 0 Å². The lowest BCUT2D eigenvalue weighted by Crippen LogP contribution is -2.35. The molecule has 0 aromatic heterocycles. The van der Waals surface area contributed by atoms with E-state index < -0.39 is 24.3 Å². The Kier molecular flexibility index (Phi) is 8.95. The molecule has 1 N–H and O–H groups in total. The molecular formula is C26H25F3N2O5S2. The van der Waals surface area contributed by atoms with Crippen LogP contribution in [0.25, 0.3) is 6.08 Å². The Hall–Kier alpha value is -3.09. The first kappa shape index (κ1) is 27.9. The van der Waals surface area contributed by atoms with Crippen LogP contribution in [0.5, 0.6) is 11.5 Å². The van der Waals surface area contributed by atoms with Gasteiger partial charge in [-0.15, -0.1) is 0 Å². The fourth-order valence-electron chi connectivity index (χ4n) is 3.92. The Bertz CT molecular complexity index is 1250. The Labute approximate surface area is 227 Å². The van der Waals surface area contributed by atoms with Gasteiger partial charge in [-0.25, -0.2) is 0 Å². The third kappa shape index (κ3) is 7.06. The van der Waals surface area contributed by atoms with E-state index in [1.165, 1.54) is 23.9 Å². The maximum Gasteiger partial charge on any atom is 0.416 e. The minimum Gasteiger partial charge on any atom is -0.490 e. The van der Waals surface area contributed by atoms with Crippen molar-refractivity contribution >= 4 is 51.9 Å². The molecule has 12 heteroatoms. The van der Waals surface area contributed by atoms with Crippen molar-refractivity contribution in [3.05, 3.63) is 58.5 Å². The van der Waals surface area contributed by atoms with E-state index >= 15 is 0 Å². The number of thioether (sulfide) groups is 1. The van der Waals surface area contributed by atoms with Crippen LogP contribution in [0.2, 0.25) is 0 Å². The highest BCUT2D eigenvalue weighted by molar-refractivity contribution is 8.26. The van der Waals surface area contributed by atoms with Crippen LogP contribution in [0.4, 0.5) is 18.9 Å². The molecule has 1 atom stereocenters. The number of alkyl halides is 3. The number of carbonyl (C=O) groups excluding carboxylic acids is 2. The van der Waals surface area contributed by atoms with Gasteiger partial charge in [0.1, 0.15) is 4.32 Å². The number of thiocarbonyl (C=S) groups is 1. The van der Waals surface area contributed by atoms with E-state index in [1.54, 1.807) is 36.1 Å². The topological polar surface area (TPSA) is 77.1 Å². The van der Waals surface area contributed by atoms with Crippen LogP contribution >= 0.6 is 24.0 Å². The largest absolute Gasteiger partial charge is 0.490 e. The van der Waals surface area contributed by atoms with E-state index in [0.717, 1.165) is 25.0 Å². The lowest BCUT2D eigenvalue weighted by Gasteiger charge is -2.18. The summed E-state index contributed by atoms with van der Waals surface area (Å²) in [5.41, 5.74) is -0.188. The molecule has 0 saturated carbocycles. The number of ether oxygens (including phenoxy) is 3. The summed E-state index contributed by atoms with van der Waals surface area (Å²) in [5, 5.41) is 2.39. The average Bonchev–Trinajstić information content (AvgIpc) is 3.47. The van der Waals surface area contributed by atoms with E-state index in [9.17, 15) is 22.8 Å². The van der Waals surface area contributed by atoms with E-state index in [0.29, 0.717) is 40.3 Å². The second-order valence-corrected chi connectivity index (χ2v) is 10.2. The maximum absolute atomic E-state index is 12.9. The Morgan fingerprint density at radius 1 is 1.24 bits per heavy atom. The van der Waals surface area contributed by atoms with Crippen molar-refractivity contribution in [2.75, 3.05) is 31.7 Å². The number of hydrogen-bond acceptors (Lipinski definition) is 7. The summed E-state index contributed by atoms with van der Waals surface area (Å²) in [7, 11) is 0. The fourth-order valence-corrected chi connectivity index (χ4v) is 5.19. The van der Waals surface area contributed by atoms with E-state index in [-0.39, 0.29) is 23.4 Å². The smallest absolute Gasteiger partial charge is 0.416 e. The molecule has 2 aromatic carbocycles. The first-order valence-electron chi connectivity index (χ1n) is 11.9. The molecule has 2 aliphatic rings. The number of benzene rings is 2. The van der Waals surface area contributed by atoms with Crippen LogP contribution in [0, 0.1) is 0 Å². The van der Waals surface area contributed by atoms with Gasteiger partial charge in [-0.1, -0.05) is 36.1 Å². The van der Waals surface area contributed by atoms with Gasteiger partial charge in [0, 0.05) is 12.3 Å². The van der Waals surface area contributed by atoms with Crippen molar-refractivity contribution in [2.45, 2.75) is 32.0 Å². The monoisotopic (exact) mass is 566 g/mol. The number of nitrogens with zero attached hydrogens (tertiary/aromatic N) is 1. The highest BCUT2D eigenvalue weighted by Crippen LogP contribution is 2.36. The molecule has 0 spiro atoms. The normalized spacial score (nSPS) is 18.8. The quantitative estimate of drug-likeness (QED) is 0.317. The van der Waals surface area contributed by atoms with E-state index in [1.807, 2.05) is 0 Å². The molecule has 7 nitrogen and oxygen atoms in total. The van der Waals surface area contributed by atoms with Crippen molar-refractivity contribution in [3.63, 3.8) is 0 Å². The van der Waals surface area contributed by atoms with Gasteiger partial charge in [0.15, 0.2) is 18.1 Å². The average molecular weight is 567 g/mol. The van der Waals surface area contributed by atoms with Crippen molar-refractivity contribution in [3.8, 4) is 11.5 Å². The first-order chi connectivity index (χ1) is 18.1. The van der Waals surface area contributed by atoms with Gasteiger partial charge in [-0.05, 0) is 61.7 Å². The molecule has 0 radical (unpaired) electrons. The van der Waals surface area contributed by atoms with Crippen molar-refractivity contribution in [1.82, 2.24) is 4.90 Å². The van der Waals surface area contributed by atoms with Gasteiger partial charge < -0.3 is 19.5 Å². The second-order valence-electron chi connectivity index (χ2n) is 8.48. The Balaban J connectivity index is 1.41. The fraction of sp³-hybridized carbons (Fsp3) is 0.346. The number of amides is 2. The summed E-state index contributed by atoms with van der Waals surface area (Å²) in [6, 6.07) is 9.32. The van der Waals surface area contributed by atoms with Crippen LogP contribution in [0.15, 0.2) is 47.4 Å². The molecule has 38 heavy (non-hydrogen) atoms. The first-order valence-corrected chi connectivity index (χ1v) is 13.1. The molecular weight excluding hydrogens is 541 g/mol. The van der Waals surface area contributed by atoms with Gasteiger partial charge in [0.25, 0.3) is 11.8 Å². The van der Waals surface area contributed by atoms with Gasteiger partial charge >= 0.3 is 6.18 Å². The predicted molar refractivity (Wildman–Crippen MR) is 142 cm³/mol. The number of carbonyl (C=O) groups is 2. The molecule has 2 heterocycles. The summed E-state index contributed by atoms with van der Waals surface area (Å²) in [6.07, 6.45) is -0.954. The highest BCUT2D eigenvalue weighted by atomic mass is 32.2. The van der Waals surface area contributed by atoms with Gasteiger partial charge in [0.05, 0.1) is 29.7 Å². The molecule has 0 bridgehead atoms.